The van der Waals surface area contributed by atoms with Gasteiger partial charge in [0.05, 0.1) is 0 Å². The summed E-state index contributed by atoms with van der Waals surface area (Å²) in [6.45, 7) is 9.73. The Labute approximate surface area is 117 Å². The molecular weight excluding hydrogens is 230 g/mol. The van der Waals surface area contributed by atoms with Crippen LogP contribution in [0.2, 0.25) is 0 Å². The maximum Gasteiger partial charge on any atom is 0.0137 e. The maximum absolute atomic E-state index is 3.64. The van der Waals surface area contributed by atoms with E-state index in [9.17, 15) is 0 Å². The van der Waals surface area contributed by atoms with Crippen LogP contribution in [0.1, 0.15) is 45.6 Å². The lowest BCUT2D eigenvalue weighted by atomic mass is 9.97. The summed E-state index contributed by atoms with van der Waals surface area (Å²) in [5.74, 6) is 2.42. The zero-order valence-electron chi connectivity index (χ0n) is 12.9. The molecule has 1 N–H and O–H groups in total. The molecule has 0 aliphatic heterocycles. The number of rotatable bonds is 4. The van der Waals surface area contributed by atoms with Crippen molar-refractivity contribution in [1.82, 2.24) is 5.32 Å². The minimum atomic E-state index is 0.477. The predicted molar refractivity (Wildman–Crippen MR) is 81.2 cm³/mol. The topological polar surface area (TPSA) is 12.0 Å². The fourth-order valence-electron chi connectivity index (χ4n) is 4.47. The summed E-state index contributed by atoms with van der Waals surface area (Å²) in [6, 6.07) is 11.7. The molecule has 0 saturated heterocycles. The van der Waals surface area contributed by atoms with Gasteiger partial charge in [0.1, 0.15) is 0 Å². The SMILES string of the molecule is CNC(C1CC1c1ccccc1)C1C(C)(C)C1(C)C. The molecule has 1 aromatic carbocycles. The Morgan fingerprint density at radius 1 is 1.05 bits per heavy atom. The van der Waals surface area contributed by atoms with Crippen LogP contribution >= 0.6 is 0 Å². The van der Waals surface area contributed by atoms with Crippen LogP contribution in [0.15, 0.2) is 30.3 Å². The normalized spacial score (nSPS) is 32.9. The average molecular weight is 257 g/mol. The molecule has 104 valence electrons. The molecule has 2 saturated carbocycles. The Hall–Kier alpha value is -0.820. The lowest BCUT2D eigenvalue weighted by Crippen LogP contribution is -2.32. The van der Waals surface area contributed by atoms with Gasteiger partial charge in [-0.1, -0.05) is 58.0 Å². The van der Waals surface area contributed by atoms with E-state index in [1.54, 1.807) is 0 Å². The minimum absolute atomic E-state index is 0.477. The van der Waals surface area contributed by atoms with Crippen molar-refractivity contribution < 1.29 is 0 Å². The fraction of sp³-hybridized carbons (Fsp3) is 0.667. The van der Waals surface area contributed by atoms with E-state index in [2.05, 4.69) is 70.4 Å². The first kappa shape index (κ1) is 13.2. The summed E-state index contributed by atoms with van der Waals surface area (Å²) in [7, 11) is 2.15. The summed E-state index contributed by atoms with van der Waals surface area (Å²) < 4.78 is 0. The summed E-state index contributed by atoms with van der Waals surface area (Å²) in [5, 5.41) is 3.64. The highest BCUT2D eigenvalue weighted by Gasteiger charge is 2.69. The zero-order chi connectivity index (χ0) is 13.8. The van der Waals surface area contributed by atoms with Crippen LogP contribution < -0.4 is 5.32 Å². The molecule has 2 aliphatic carbocycles. The second-order valence-electron chi connectivity index (χ2n) is 7.65. The van der Waals surface area contributed by atoms with Crippen molar-refractivity contribution in [2.45, 2.75) is 46.1 Å². The third-order valence-electron chi connectivity index (χ3n) is 6.35. The first-order chi connectivity index (χ1) is 8.91. The second kappa shape index (κ2) is 4.09. The molecule has 3 unspecified atom stereocenters. The van der Waals surface area contributed by atoms with Crippen LogP contribution in [0.3, 0.4) is 0 Å². The van der Waals surface area contributed by atoms with Crippen LogP contribution in [0, 0.1) is 22.7 Å². The maximum atomic E-state index is 3.64. The molecule has 0 spiro atoms. The summed E-state index contributed by atoms with van der Waals surface area (Å²) in [6.07, 6.45) is 1.36. The zero-order valence-corrected chi connectivity index (χ0v) is 12.9. The third kappa shape index (κ3) is 1.86. The smallest absolute Gasteiger partial charge is 0.0137 e. The van der Waals surface area contributed by atoms with E-state index in [0.717, 1.165) is 17.8 Å². The van der Waals surface area contributed by atoms with Gasteiger partial charge in [0.15, 0.2) is 0 Å². The van der Waals surface area contributed by atoms with E-state index in [1.165, 1.54) is 12.0 Å². The molecule has 3 atom stereocenters. The molecule has 1 heteroatoms. The predicted octanol–water partition coefficient (Wildman–Crippen LogP) is 4.06. The third-order valence-corrected chi connectivity index (χ3v) is 6.35. The first-order valence-corrected chi connectivity index (χ1v) is 7.63. The Bertz CT molecular complexity index is 446. The van der Waals surface area contributed by atoms with E-state index >= 15 is 0 Å². The molecule has 0 amide bonds. The molecular formula is C18H27N. The highest BCUT2D eigenvalue weighted by molar-refractivity contribution is 5.29. The van der Waals surface area contributed by atoms with Gasteiger partial charge in [0, 0.05) is 6.04 Å². The largest absolute Gasteiger partial charge is 0.316 e. The second-order valence-corrected chi connectivity index (χ2v) is 7.65. The van der Waals surface area contributed by atoms with E-state index in [1.807, 2.05) is 0 Å². The summed E-state index contributed by atoms with van der Waals surface area (Å²) in [5.41, 5.74) is 2.48. The quantitative estimate of drug-likeness (QED) is 0.857. The van der Waals surface area contributed by atoms with Crippen LogP contribution in [0.4, 0.5) is 0 Å². The lowest BCUT2D eigenvalue weighted by molar-refractivity contribution is 0.378. The highest BCUT2D eigenvalue weighted by Crippen LogP contribution is 2.72. The Kier molecular flexibility index (Phi) is 2.83. The summed E-state index contributed by atoms with van der Waals surface area (Å²) >= 11 is 0. The minimum Gasteiger partial charge on any atom is -0.316 e. The Morgan fingerprint density at radius 3 is 2.11 bits per heavy atom. The molecule has 2 fully saturated rings. The van der Waals surface area contributed by atoms with Gasteiger partial charge in [0.2, 0.25) is 0 Å². The van der Waals surface area contributed by atoms with E-state index in [-0.39, 0.29) is 0 Å². The molecule has 19 heavy (non-hydrogen) atoms. The molecule has 2 aliphatic rings. The molecule has 0 heterocycles. The monoisotopic (exact) mass is 257 g/mol. The van der Waals surface area contributed by atoms with E-state index in [4.69, 9.17) is 0 Å². The van der Waals surface area contributed by atoms with Crippen LogP contribution in [0.5, 0.6) is 0 Å². The molecule has 0 bridgehead atoms. The van der Waals surface area contributed by atoms with Gasteiger partial charge in [-0.25, -0.2) is 0 Å². The van der Waals surface area contributed by atoms with E-state index in [0.29, 0.717) is 16.9 Å². The van der Waals surface area contributed by atoms with Gasteiger partial charge in [0.25, 0.3) is 0 Å². The molecule has 0 radical (unpaired) electrons. The van der Waals surface area contributed by atoms with Gasteiger partial charge >= 0.3 is 0 Å². The molecule has 3 rings (SSSR count). The van der Waals surface area contributed by atoms with Gasteiger partial charge < -0.3 is 5.32 Å². The molecule has 1 nitrogen and oxygen atoms in total. The number of nitrogens with one attached hydrogen (secondary N) is 1. The van der Waals surface area contributed by atoms with Crippen molar-refractivity contribution in [2.24, 2.45) is 22.7 Å². The summed E-state index contributed by atoms with van der Waals surface area (Å²) in [4.78, 5) is 0. The highest BCUT2D eigenvalue weighted by atomic mass is 15.0. The molecule has 1 aromatic rings. The first-order valence-electron chi connectivity index (χ1n) is 7.63. The number of hydrogen-bond acceptors (Lipinski definition) is 1. The number of hydrogen-bond donors (Lipinski definition) is 1. The van der Waals surface area contributed by atoms with Crippen molar-refractivity contribution in [1.29, 1.82) is 0 Å². The lowest BCUT2D eigenvalue weighted by Gasteiger charge is -2.19. The van der Waals surface area contributed by atoms with Crippen molar-refractivity contribution in [2.75, 3.05) is 7.05 Å². The Morgan fingerprint density at radius 2 is 1.63 bits per heavy atom. The van der Waals surface area contributed by atoms with Gasteiger partial charge in [-0.05, 0) is 47.6 Å². The van der Waals surface area contributed by atoms with Crippen LogP contribution in [-0.4, -0.2) is 13.1 Å². The van der Waals surface area contributed by atoms with Gasteiger partial charge in [-0.15, -0.1) is 0 Å². The number of benzene rings is 1. The molecule has 0 aromatic heterocycles. The van der Waals surface area contributed by atoms with Gasteiger partial charge in [-0.2, -0.15) is 0 Å². The van der Waals surface area contributed by atoms with Crippen molar-refractivity contribution >= 4 is 0 Å². The fourth-order valence-corrected chi connectivity index (χ4v) is 4.47. The van der Waals surface area contributed by atoms with Crippen molar-refractivity contribution in [3.63, 3.8) is 0 Å². The Balaban J connectivity index is 1.74. The standard InChI is InChI=1S/C18H27N/c1-17(2)16(18(17,3)4)15(19-5)14-11-13(14)12-9-7-6-8-10-12/h6-10,13-16,19H,11H2,1-5H3. The van der Waals surface area contributed by atoms with E-state index < -0.39 is 0 Å². The van der Waals surface area contributed by atoms with Crippen molar-refractivity contribution in [3.8, 4) is 0 Å². The van der Waals surface area contributed by atoms with Crippen LogP contribution in [0.25, 0.3) is 0 Å². The van der Waals surface area contributed by atoms with Crippen molar-refractivity contribution in [3.05, 3.63) is 35.9 Å². The van der Waals surface area contributed by atoms with Crippen LogP contribution in [-0.2, 0) is 0 Å². The average Bonchev–Trinajstić information content (AvgIpc) is 3.23. The van der Waals surface area contributed by atoms with Gasteiger partial charge in [-0.3, -0.25) is 0 Å².